The molecular formula is C28H35F4N5O3. The largest absolute Gasteiger partial charge is 0.405 e. The van der Waals surface area contributed by atoms with Crippen LogP contribution >= 0.6 is 0 Å². The van der Waals surface area contributed by atoms with E-state index < -0.39 is 47.7 Å². The van der Waals surface area contributed by atoms with Crippen LogP contribution < -0.4 is 16.0 Å². The van der Waals surface area contributed by atoms with Crippen molar-refractivity contribution in [2.75, 3.05) is 11.9 Å². The van der Waals surface area contributed by atoms with Gasteiger partial charge in [-0.2, -0.15) is 18.3 Å². The molecule has 0 spiro atoms. The predicted molar refractivity (Wildman–Crippen MR) is 140 cm³/mol. The Balaban J connectivity index is 1.53. The molecule has 1 aromatic carbocycles. The Morgan fingerprint density at radius 1 is 1.05 bits per heavy atom. The smallest absolute Gasteiger partial charge is 0.346 e. The Bertz CT molecular complexity index is 1250. The third-order valence-corrected chi connectivity index (χ3v) is 7.64. The molecule has 0 aliphatic heterocycles. The highest BCUT2D eigenvalue weighted by Gasteiger charge is 2.48. The van der Waals surface area contributed by atoms with E-state index in [0.717, 1.165) is 31.7 Å². The van der Waals surface area contributed by atoms with Crippen LogP contribution in [0.3, 0.4) is 0 Å². The molecule has 3 amide bonds. The van der Waals surface area contributed by atoms with Crippen LogP contribution in [0.25, 0.3) is 0 Å². The van der Waals surface area contributed by atoms with Gasteiger partial charge in [-0.05, 0) is 94.9 Å². The van der Waals surface area contributed by atoms with Crippen LogP contribution in [0.15, 0.2) is 30.5 Å². The van der Waals surface area contributed by atoms with Gasteiger partial charge in [0.2, 0.25) is 11.8 Å². The Kier molecular flexibility index (Phi) is 8.28. The maximum atomic E-state index is 15.2. The molecule has 2 saturated carbocycles. The van der Waals surface area contributed by atoms with Gasteiger partial charge in [-0.3, -0.25) is 19.1 Å². The molecule has 8 nitrogen and oxygen atoms in total. The molecule has 4 rings (SSSR count). The summed E-state index contributed by atoms with van der Waals surface area (Å²) in [5.74, 6) is -2.26. The molecule has 0 bridgehead atoms. The normalized spacial score (nSPS) is 16.6. The lowest BCUT2D eigenvalue weighted by atomic mass is 9.83. The van der Waals surface area contributed by atoms with Crippen molar-refractivity contribution in [3.63, 3.8) is 0 Å². The average Bonchev–Trinajstić information content (AvgIpc) is 3.82. The minimum atomic E-state index is -4.58. The zero-order chi connectivity index (χ0) is 29.4. The van der Waals surface area contributed by atoms with E-state index in [0.29, 0.717) is 17.5 Å². The maximum absolute atomic E-state index is 15.2. The van der Waals surface area contributed by atoms with Gasteiger partial charge in [0.15, 0.2) is 0 Å². The number of anilines is 1. The van der Waals surface area contributed by atoms with Crippen molar-refractivity contribution in [2.45, 2.75) is 77.1 Å². The molecule has 2 aromatic rings. The van der Waals surface area contributed by atoms with Gasteiger partial charge in [-0.25, -0.2) is 4.39 Å². The van der Waals surface area contributed by atoms with Gasteiger partial charge in [0.05, 0.1) is 11.1 Å². The fourth-order valence-corrected chi connectivity index (χ4v) is 5.10. The monoisotopic (exact) mass is 565 g/mol. The molecule has 2 fully saturated rings. The number of rotatable bonds is 11. The van der Waals surface area contributed by atoms with Crippen LogP contribution in [-0.4, -0.2) is 46.3 Å². The highest BCUT2D eigenvalue weighted by Crippen LogP contribution is 2.51. The van der Waals surface area contributed by atoms with Crippen molar-refractivity contribution < 1.29 is 31.9 Å². The fourth-order valence-electron chi connectivity index (χ4n) is 5.10. The third-order valence-electron chi connectivity index (χ3n) is 7.64. The van der Waals surface area contributed by atoms with E-state index >= 15 is 4.39 Å². The van der Waals surface area contributed by atoms with Crippen molar-refractivity contribution in [3.8, 4) is 0 Å². The molecule has 0 radical (unpaired) electrons. The van der Waals surface area contributed by atoms with Crippen molar-refractivity contribution in [1.82, 2.24) is 20.4 Å². The lowest BCUT2D eigenvalue weighted by Gasteiger charge is -2.28. The summed E-state index contributed by atoms with van der Waals surface area (Å²) in [4.78, 5) is 39.2. The van der Waals surface area contributed by atoms with Gasteiger partial charge in [0.1, 0.15) is 24.1 Å². The van der Waals surface area contributed by atoms with Crippen LogP contribution in [0.4, 0.5) is 23.2 Å². The van der Waals surface area contributed by atoms with E-state index in [-0.39, 0.29) is 23.2 Å². The summed E-state index contributed by atoms with van der Waals surface area (Å²) < 4.78 is 54.4. The molecule has 0 saturated heterocycles. The number of carbonyl (C=O) groups excluding carboxylic acids is 3. The lowest BCUT2D eigenvalue weighted by Crippen LogP contribution is -2.50. The van der Waals surface area contributed by atoms with Gasteiger partial charge in [0, 0.05) is 12.2 Å². The molecule has 1 heterocycles. The first-order valence-corrected chi connectivity index (χ1v) is 13.5. The topological polar surface area (TPSA) is 105 Å². The van der Waals surface area contributed by atoms with Gasteiger partial charge >= 0.3 is 6.18 Å². The standard InChI is InChI=1S/C28H35F4N5O3/c1-15(2)37-21(11-12-34-37)24(38)36-23(22(16-5-6-16)17-7-8-17)25(39)35-20-10-9-18(13-19(20)29)27(3,4)26(40)33-14-28(30,31)32/h9-13,15-17,22-23H,5-8,14H2,1-4H3,(H,33,40)(H,35,39)(H,36,38)/t23-/m0/s1. The molecule has 2 aliphatic carbocycles. The molecule has 2 aliphatic rings. The quantitative estimate of drug-likeness (QED) is 0.343. The summed E-state index contributed by atoms with van der Waals surface area (Å²) in [7, 11) is 0. The minimum Gasteiger partial charge on any atom is -0.346 e. The number of hydrogen-bond acceptors (Lipinski definition) is 4. The van der Waals surface area contributed by atoms with Gasteiger partial charge in [0.25, 0.3) is 5.91 Å². The van der Waals surface area contributed by atoms with E-state index in [2.05, 4.69) is 15.7 Å². The molecule has 1 aromatic heterocycles. The van der Waals surface area contributed by atoms with Gasteiger partial charge < -0.3 is 16.0 Å². The van der Waals surface area contributed by atoms with E-state index in [9.17, 15) is 27.6 Å². The van der Waals surface area contributed by atoms with Crippen LogP contribution in [0.1, 0.15) is 75.5 Å². The molecular weight excluding hydrogens is 530 g/mol. The minimum absolute atomic E-state index is 0.0712. The molecule has 1 atom stereocenters. The van der Waals surface area contributed by atoms with Gasteiger partial charge in [-0.1, -0.05) is 6.07 Å². The summed E-state index contributed by atoms with van der Waals surface area (Å²) in [5.41, 5.74) is -1.16. The van der Waals surface area contributed by atoms with E-state index in [1.54, 1.807) is 10.7 Å². The summed E-state index contributed by atoms with van der Waals surface area (Å²) in [6, 6.07) is 4.30. The number of hydrogen-bond donors (Lipinski definition) is 3. The van der Waals surface area contributed by atoms with E-state index in [4.69, 9.17) is 0 Å². The lowest BCUT2D eigenvalue weighted by molar-refractivity contribution is -0.141. The maximum Gasteiger partial charge on any atom is 0.405 e. The second-order valence-corrected chi connectivity index (χ2v) is 11.6. The number of nitrogens with zero attached hydrogens (tertiary/aromatic N) is 2. The number of alkyl halides is 3. The third kappa shape index (κ3) is 6.82. The SMILES string of the molecule is CC(C)n1nccc1C(=O)N[C@H](C(=O)Nc1ccc(C(C)(C)C(=O)NCC(F)(F)F)cc1F)C(C1CC1)C1CC1. The number of aromatic nitrogens is 2. The van der Waals surface area contributed by atoms with Crippen molar-refractivity contribution in [1.29, 1.82) is 0 Å². The van der Waals surface area contributed by atoms with E-state index in [1.807, 2.05) is 19.2 Å². The highest BCUT2D eigenvalue weighted by atomic mass is 19.4. The van der Waals surface area contributed by atoms with Crippen LogP contribution in [0, 0.1) is 23.6 Å². The first kappa shape index (κ1) is 29.5. The first-order valence-electron chi connectivity index (χ1n) is 13.5. The van der Waals surface area contributed by atoms with Crippen LogP contribution in [-0.2, 0) is 15.0 Å². The number of nitrogens with one attached hydrogen (secondary N) is 3. The van der Waals surface area contributed by atoms with Gasteiger partial charge in [-0.15, -0.1) is 0 Å². The fraction of sp³-hybridized carbons (Fsp3) is 0.571. The molecule has 3 N–H and O–H groups in total. The summed E-state index contributed by atoms with van der Waals surface area (Å²) in [6.07, 6.45) is 0.770. The predicted octanol–water partition coefficient (Wildman–Crippen LogP) is 4.73. The highest BCUT2D eigenvalue weighted by molar-refractivity contribution is 6.01. The summed E-state index contributed by atoms with van der Waals surface area (Å²) >= 11 is 0. The number of halogens is 4. The second-order valence-electron chi connectivity index (χ2n) is 11.6. The van der Waals surface area contributed by atoms with Crippen LogP contribution in [0.5, 0.6) is 0 Å². The molecule has 0 unspecified atom stereocenters. The molecule has 218 valence electrons. The number of carbonyl (C=O) groups is 3. The Labute approximate surface area is 230 Å². The summed E-state index contributed by atoms with van der Waals surface area (Å²) in [5, 5.41) is 11.5. The van der Waals surface area contributed by atoms with E-state index in [1.165, 1.54) is 32.2 Å². The second kappa shape index (κ2) is 11.2. The Morgan fingerprint density at radius 2 is 1.68 bits per heavy atom. The zero-order valence-electron chi connectivity index (χ0n) is 22.9. The first-order chi connectivity index (χ1) is 18.7. The zero-order valence-corrected chi connectivity index (χ0v) is 22.9. The average molecular weight is 566 g/mol. The summed E-state index contributed by atoms with van der Waals surface area (Å²) in [6.45, 7) is 5.04. The molecule has 12 heteroatoms. The molecule has 40 heavy (non-hydrogen) atoms. The number of benzene rings is 1. The van der Waals surface area contributed by atoms with Crippen molar-refractivity contribution in [2.24, 2.45) is 17.8 Å². The van der Waals surface area contributed by atoms with Crippen LogP contribution in [0.2, 0.25) is 0 Å². The Morgan fingerprint density at radius 3 is 2.20 bits per heavy atom. The number of amides is 3. The van der Waals surface area contributed by atoms with Crippen molar-refractivity contribution in [3.05, 3.63) is 47.5 Å². The Hall–Kier alpha value is -3.44. The van der Waals surface area contributed by atoms with Crippen molar-refractivity contribution >= 4 is 23.4 Å².